The quantitative estimate of drug-likeness (QED) is 0.176. The normalized spacial score (nSPS) is 12.3. The first kappa shape index (κ1) is 33.0. The molecule has 1 aromatic carbocycles. The number of H-pyrrole nitrogens is 2. The van der Waals surface area contributed by atoms with Crippen LogP contribution >= 0.6 is 0 Å². The molecule has 3 aliphatic heterocycles. The van der Waals surface area contributed by atoms with Crippen molar-refractivity contribution in [3.05, 3.63) is 137 Å². The smallest absolute Gasteiger partial charge is 0.221 e. The number of pyridine rings is 3. The topological polar surface area (TPSA) is 128 Å². The third kappa shape index (κ3) is 6.45. The van der Waals surface area contributed by atoms with E-state index in [2.05, 4.69) is 55.3 Å². The lowest BCUT2D eigenvalue weighted by Crippen LogP contribution is -2.19. The second kappa shape index (κ2) is 13.8. The van der Waals surface area contributed by atoms with Gasteiger partial charge in [0.15, 0.2) is 0 Å². The van der Waals surface area contributed by atoms with Crippen LogP contribution in [0.5, 0.6) is 0 Å². The lowest BCUT2D eigenvalue weighted by Gasteiger charge is -2.15. The Kier molecular flexibility index (Phi) is 8.61. The molecule has 10 heteroatoms. The number of rotatable bonds is 5. The molecule has 53 heavy (non-hydrogen) atoms. The van der Waals surface area contributed by atoms with Crippen molar-refractivity contribution < 1.29 is 4.79 Å². The maximum Gasteiger partial charge on any atom is 0.221 e. The predicted octanol–water partition coefficient (Wildman–Crippen LogP) is 7.06. The molecule has 0 unspecified atom stereocenters. The molecule has 10 nitrogen and oxygen atoms in total. The molecule has 0 radical (unpaired) electrons. The third-order valence-corrected chi connectivity index (χ3v) is 9.20. The van der Waals surface area contributed by atoms with Gasteiger partial charge >= 0.3 is 0 Å². The molecule has 1 amide bonds. The number of nitrogens with one attached hydrogen (secondary N) is 3. The fourth-order valence-corrected chi connectivity index (χ4v) is 6.89. The Bertz CT molecular complexity index is 2630. The average Bonchev–Trinajstić information content (AvgIpc) is 3.92. The molecule has 0 fully saturated rings. The fraction of sp³-hybridized carbons (Fsp3) is 0.0698. The molecule has 8 rings (SSSR count). The summed E-state index contributed by atoms with van der Waals surface area (Å²) in [4.78, 5) is 44.8. The van der Waals surface area contributed by atoms with Crippen molar-refractivity contribution in [1.29, 1.82) is 0 Å². The van der Waals surface area contributed by atoms with E-state index in [1.807, 2.05) is 85.0 Å². The van der Waals surface area contributed by atoms with Crippen LogP contribution in [-0.2, 0) is 11.3 Å². The van der Waals surface area contributed by atoms with E-state index in [0.717, 1.165) is 73.1 Å². The van der Waals surface area contributed by atoms with E-state index < -0.39 is 0 Å². The standard InChI is InChI=1S/C43H35N9O/c1-26-39(29-5-7-33(8-6-29)48-28(3)53)34-10-12-37(50-34)42(32-17-23-46-24-18-32)43-51-38(25-52(43)4)41(31-15-21-45-22-16-31)36-11-9-35(49-36)40(27(2)47-26)30-13-19-44-20-14-30/h5-24,47,51H,1-2,25H2,3-4H3,(H,48,53). The molecule has 5 aromatic rings. The Morgan fingerprint density at radius 2 is 1.02 bits per heavy atom. The summed E-state index contributed by atoms with van der Waals surface area (Å²) in [7, 11) is 2.07. The molecule has 0 saturated heterocycles. The van der Waals surface area contributed by atoms with Gasteiger partial charge in [0.25, 0.3) is 0 Å². The molecule has 0 spiro atoms. The zero-order valence-corrected chi connectivity index (χ0v) is 29.3. The van der Waals surface area contributed by atoms with Crippen LogP contribution in [0.3, 0.4) is 0 Å². The number of carbonyl (C=O) groups is 1. The molecule has 4 aromatic heterocycles. The van der Waals surface area contributed by atoms with E-state index in [0.29, 0.717) is 28.6 Å². The minimum atomic E-state index is -0.142. The number of fused-ring (bicyclic) bond motifs is 6. The van der Waals surface area contributed by atoms with Gasteiger partial charge in [-0.2, -0.15) is 0 Å². The first-order valence-corrected chi connectivity index (χ1v) is 17.1. The van der Waals surface area contributed by atoms with E-state index in [9.17, 15) is 4.79 Å². The van der Waals surface area contributed by atoms with Gasteiger partial charge in [0.05, 0.1) is 29.3 Å². The Hall–Kier alpha value is -7.20. The van der Waals surface area contributed by atoms with Crippen molar-refractivity contribution in [2.45, 2.75) is 13.5 Å². The summed E-state index contributed by atoms with van der Waals surface area (Å²) in [5.74, 6) is 0.758. The summed E-state index contributed by atoms with van der Waals surface area (Å²) in [5.41, 5.74) is 11.9. The van der Waals surface area contributed by atoms with Crippen LogP contribution in [0.1, 0.15) is 35.4 Å². The summed E-state index contributed by atoms with van der Waals surface area (Å²) in [6, 6.07) is 19.5. The monoisotopic (exact) mass is 693 g/mol. The number of hydrogen-bond donors (Lipinski definition) is 3. The van der Waals surface area contributed by atoms with Crippen LogP contribution in [0.4, 0.5) is 11.5 Å². The number of hydrogen-bond acceptors (Lipinski definition) is 7. The van der Waals surface area contributed by atoms with E-state index >= 15 is 0 Å². The molecule has 0 saturated carbocycles. The van der Waals surface area contributed by atoms with Crippen LogP contribution in [0.25, 0.3) is 82.0 Å². The van der Waals surface area contributed by atoms with E-state index in [1.165, 1.54) is 6.92 Å². The van der Waals surface area contributed by atoms with Gasteiger partial charge in [-0.25, -0.2) is 9.97 Å². The van der Waals surface area contributed by atoms with Gasteiger partial charge in [-0.1, -0.05) is 25.3 Å². The van der Waals surface area contributed by atoms with Gasteiger partial charge in [0, 0.05) is 95.5 Å². The summed E-state index contributed by atoms with van der Waals surface area (Å²) in [6.45, 7) is 11.1. The van der Waals surface area contributed by atoms with Gasteiger partial charge in [-0.05, 0) is 95.1 Å². The minimum Gasteiger partial charge on any atom is -0.355 e. The fourth-order valence-electron chi connectivity index (χ4n) is 6.89. The highest BCUT2D eigenvalue weighted by Gasteiger charge is 2.24. The van der Waals surface area contributed by atoms with Crippen LogP contribution in [0.2, 0.25) is 0 Å². The van der Waals surface area contributed by atoms with Crippen LogP contribution in [0.15, 0.2) is 97.8 Å². The molecular weight excluding hydrogens is 659 g/mol. The first-order chi connectivity index (χ1) is 25.8. The van der Waals surface area contributed by atoms with E-state index in [4.69, 9.17) is 9.97 Å². The van der Waals surface area contributed by atoms with Gasteiger partial charge in [0.2, 0.25) is 5.91 Å². The minimum absolute atomic E-state index is 0.142. The van der Waals surface area contributed by atoms with Crippen molar-refractivity contribution in [2.75, 3.05) is 17.3 Å². The van der Waals surface area contributed by atoms with Crippen molar-refractivity contribution in [1.82, 2.24) is 34.9 Å². The SMILES string of the molecule is C=c1[nH]c(=C)c(-c2ccc(NC(C)=O)cc2)c2nc(c(-c3ccncc3)c3[nH]c(c(-c4ccncc4)c4nc(c1-c1ccncc1)C=C4)CN3C)C=C2. The number of amides is 1. The first-order valence-electron chi connectivity index (χ1n) is 17.1. The largest absolute Gasteiger partial charge is 0.355 e. The molecule has 3 aliphatic rings. The van der Waals surface area contributed by atoms with Crippen molar-refractivity contribution in [2.24, 2.45) is 0 Å². The van der Waals surface area contributed by atoms with Gasteiger partial charge in [-0.15, -0.1) is 0 Å². The Morgan fingerprint density at radius 1 is 0.604 bits per heavy atom. The maximum absolute atomic E-state index is 11.8. The molecule has 3 N–H and O–H groups in total. The zero-order valence-electron chi connectivity index (χ0n) is 29.3. The lowest BCUT2D eigenvalue weighted by molar-refractivity contribution is -0.114. The highest BCUT2D eigenvalue weighted by Crippen LogP contribution is 2.39. The zero-order chi connectivity index (χ0) is 36.5. The number of nitrogens with zero attached hydrogens (tertiary/aromatic N) is 6. The molecule has 258 valence electrons. The highest BCUT2D eigenvalue weighted by molar-refractivity contribution is 5.92. The molecule has 6 bridgehead atoms. The molecule has 7 heterocycles. The predicted molar refractivity (Wildman–Crippen MR) is 213 cm³/mol. The summed E-state index contributed by atoms with van der Waals surface area (Å²) < 4.78 is 0. The van der Waals surface area contributed by atoms with Crippen molar-refractivity contribution in [3.63, 3.8) is 0 Å². The molecular formula is C43H35N9O. The number of anilines is 2. The maximum atomic E-state index is 11.8. The lowest BCUT2D eigenvalue weighted by atomic mass is 10.0. The number of aromatic amines is 2. The van der Waals surface area contributed by atoms with Gasteiger partial charge in [-0.3, -0.25) is 19.7 Å². The number of benzene rings is 1. The van der Waals surface area contributed by atoms with Gasteiger partial charge in [0.1, 0.15) is 5.82 Å². The molecule has 0 atom stereocenters. The van der Waals surface area contributed by atoms with Crippen molar-refractivity contribution >= 4 is 54.9 Å². The van der Waals surface area contributed by atoms with Gasteiger partial charge < -0.3 is 20.2 Å². The van der Waals surface area contributed by atoms with E-state index in [-0.39, 0.29) is 5.91 Å². The van der Waals surface area contributed by atoms with Crippen molar-refractivity contribution in [3.8, 4) is 44.5 Å². The van der Waals surface area contributed by atoms with Crippen LogP contribution in [0, 0.1) is 0 Å². The summed E-state index contributed by atoms with van der Waals surface area (Å²) in [5, 5.41) is 4.05. The Labute approximate surface area is 306 Å². The molecule has 0 aliphatic carbocycles. The number of carbonyl (C=O) groups excluding carboxylic acids is 1. The highest BCUT2D eigenvalue weighted by atomic mass is 16.1. The average molecular weight is 694 g/mol. The van der Waals surface area contributed by atoms with E-state index in [1.54, 1.807) is 37.2 Å². The summed E-state index contributed by atoms with van der Waals surface area (Å²) in [6.07, 6.45) is 18.8. The van der Waals surface area contributed by atoms with Crippen LogP contribution in [-0.4, -0.2) is 47.8 Å². The Balaban J connectivity index is 1.55. The second-order valence-corrected chi connectivity index (χ2v) is 12.8. The Morgan fingerprint density at radius 3 is 1.51 bits per heavy atom. The number of aromatic nitrogens is 7. The second-order valence-electron chi connectivity index (χ2n) is 12.8. The van der Waals surface area contributed by atoms with Crippen LogP contribution < -0.4 is 20.9 Å². The summed E-state index contributed by atoms with van der Waals surface area (Å²) >= 11 is 0. The third-order valence-electron chi connectivity index (χ3n) is 9.20.